The fraction of sp³-hybridized carbons (Fsp3) is 0.917. The normalized spacial score (nSPS) is 12.8. The van der Waals surface area contributed by atoms with E-state index in [9.17, 15) is 4.79 Å². The van der Waals surface area contributed by atoms with Crippen LogP contribution in [-0.2, 0) is 9.53 Å². The second kappa shape index (κ2) is 9.97. The standard InChI is InChI=1S/C12H25NO2S/c1-4-5-8-15-9-6-7-13-12(14)11(16)10(2)3/h10-11,16H,4-9H2,1-3H3,(H,13,14). The number of unbranched alkanes of at least 4 members (excludes halogenated alkanes) is 1. The topological polar surface area (TPSA) is 38.3 Å². The monoisotopic (exact) mass is 247 g/mol. The van der Waals surface area contributed by atoms with E-state index in [0.717, 1.165) is 32.5 Å². The molecule has 0 aliphatic carbocycles. The van der Waals surface area contributed by atoms with Crippen molar-refractivity contribution >= 4 is 18.5 Å². The van der Waals surface area contributed by atoms with Crippen LogP contribution in [-0.4, -0.2) is 30.9 Å². The Bertz CT molecular complexity index is 186. The van der Waals surface area contributed by atoms with Crippen LogP contribution in [0.25, 0.3) is 0 Å². The third-order valence-electron chi connectivity index (χ3n) is 2.31. The summed E-state index contributed by atoms with van der Waals surface area (Å²) in [6, 6.07) is 0. The van der Waals surface area contributed by atoms with Gasteiger partial charge in [-0.3, -0.25) is 4.79 Å². The van der Waals surface area contributed by atoms with E-state index in [1.165, 1.54) is 0 Å². The van der Waals surface area contributed by atoms with E-state index in [-0.39, 0.29) is 17.1 Å². The van der Waals surface area contributed by atoms with E-state index >= 15 is 0 Å². The Morgan fingerprint density at radius 3 is 2.50 bits per heavy atom. The molecule has 0 fully saturated rings. The molecule has 0 aliphatic heterocycles. The van der Waals surface area contributed by atoms with Gasteiger partial charge in [0.2, 0.25) is 5.91 Å². The molecule has 0 bridgehead atoms. The Morgan fingerprint density at radius 2 is 1.94 bits per heavy atom. The molecule has 0 radical (unpaired) electrons. The molecule has 0 aromatic carbocycles. The average molecular weight is 247 g/mol. The Morgan fingerprint density at radius 1 is 1.31 bits per heavy atom. The molecule has 0 heterocycles. The summed E-state index contributed by atoms with van der Waals surface area (Å²) < 4.78 is 5.39. The van der Waals surface area contributed by atoms with Gasteiger partial charge in [0, 0.05) is 19.8 Å². The summed E-state index contributed by atoms with van der Waals surface area (Å²) in [5, 5.41) is 2.65. The molecule has 0 spiro atoms. The van der Waals surface area contributed by atoms with Crippen LogP contribution in [0.4, 0.5) is 0 Å². The zero-order valence-electron chi connectivity index (χ0n) is 10.7. The van der Waals surface area contributed by atoms with Crippen molar-refractivity contribution in [2.75, 3.05) is 19.8 Å². The van der Waals surface area contributed by atoms with Crippen LogP contribution in [0, 0.1) is 5.92 Å². The van der Waals surface area contributed by atoms with Gasteiger partial charge in [0.15, 0.2) is 0 Å². The first-order valence-corrected chi connectivity index (χ1v) is 6.64. The van der Waals surface area contributed by atoms with Gasteiger partial charge in [0.1, 0.15) is 0 Å². The van der Waals surface area contributed by atoms with Crippen molar-refractivity contribution in [3.63, 3.8) is 0 Å². The number of rotatable bonds is 9. The first-order valence-electron chi connectivity index (χ1n) is 6.13. The Hall–Kier alpha value is -0.220. The zero-order valence-corrected chi connectivity index (χ0v) is 11.6. The first kappa shape index (κ1) is 15.8. The Labute approximate surface area is 105 Å². The summed E-state index contributed by atoms with van der Waals surface area (Å²) in [6.07, 6.45) is 3.14. The van der Waals surface area contributed by atoms with E-state index in [2.05, 4.69) is 24.9 Å². The minimum absolute atomic E-state index is 0.0203. The summed E-state index contributed by atoms with van der Waals surface area (Å²) in [5.41, 5.74) is 0. The molecule has 0 rings (SSSR count). The number of carbonyl (C=O) groups is 1. The van der Waals surface area contributed by atoms with Crippen molar-refractivity contribution in [3.05, 3.63) is 0 Å². The van der Waals surface area contributed by atoms with Crippen LogP contribution in [0.15, 0.2) is 0 Å². The molecule has 4 heteroatoms. The highest BCUT2D eigenvalue weighted by Crippen LogP contribution is 2.08. The second-order valence-corrected chi connectivity index (χ2v) is 4.86. The van der Waals surface area contributed by atoms with Gasteiger partial charge in [-0.1, -0.05) is 27.2 Å². The predicted octanol–water partition coefficient (Wildman–Crippen LogP) is 2.26. The minimum atomic E-state index is -0.207. The van der Waals surface area contributed by atoms with Gasteiger partial charge in [-0.15, -0.1) is 0 Å². The maximum atomic E-state index is 11.5. The van der Waals surface area contributed by atoms with E-state index < -0.39 is 0 Å². The molecule has 0 saturated carbocycles. The molecule has 0 aliphatic rings. The van der Waals surface area contributed by atoms with Crippen LogP contribution < -0.4 is 5.32 Å². The molecule has 96 valence electrons. The number of thiol groups is 1. The lowest BCUT2D eigenvalue weighted by Crippen LogP contribution is -2.35. The lowest BCUT2D eigenvalue weighted by Gasteiger charge is -2.14. The summed E-state index contributed by atoms with van der Waals surface area (Å²) in [5.74, 6) is 0.288. The molecule has 1 N–H and O–H groups in total. The van der Waals surface area contributed by atoms with Gasteiger partial charge in [0.25, 0.3) is 0 Å². The molecule has 1 atom stereocenters. The molecular formula is C12H25NO2S. The molecule has 0 aromatic rings. The molecule has 1 unspecified atom stereocenters. The van der Waals surface area contributed by atoms with Gasteiger partial charge in [-0.05, 0) is 18.8 Å². The largest absolute Gasteiger partial charge is 0.381 e. The lowest BCUT2D eigenvalue weighted by molar-refractivity contribution is -0.121. The lowest BCUT2D eigenvalue weighted by atomic mass is 10.1. The summed E-state index contributed by atoms with van der Waals surface area (Å²) >= 11 is 4.25. The number of ether oxygens (including phenoxy) is 1. The van der Waals surface area contributed by atoms with Crippen molar-refractivity contribution in [1.82, 2.24) is 5.32 Å². The number of amides is 1. The number of nitrogens with one attached hydrogen (secondary N) is 1. The summed E-state index contributed by atoms with van der Waals surface area (Å²) in [4.78, 5) is 11.5. The maximum Gasteiger partial charge on any atom is 0.233 e. The van der Waals surface area contributed by atoms with E-state index in [1.807, 2.05) is 13.8 Å². The molecule has 0 saturated heterocycles. The fourth-order valence-corrected chi connectivity index (χ4v) is 1.23. The third-order valence-corrected chi connectivity index (χ3v) is 3.14. The van der Waals surface area contributed by atoms with Gasteiger partial charge in [-0.25, -0.2) is 0 Å². The van der Waals surface area contributed by atoms with Crippen molar-refractivity contribution in [2.24, 2.45) is 5.92 Å². The quantitative estimate of drug-likeness (QED) is 0.484. The second-order valence-electron chi connectivity index (χ2n) is 4.30. The van der Waals surface area contributed by atoms with E-state index in [0.29, 0.717) is 6.54 Å². The molecule has 1 amide bonds. The zero-order chi connectivity index (χ0) is 12.4. The molecule has 0 aromatic heterocycles. The molecular weight excluding hydrogens is 222 g/mol. The molecule has 3 nitrogen and oxygen atoms in total. The maximum absolute atomic E-state index is 11.5. The Balaban J connectivity index is 3.34. The van der Waals surface area contributed by atoms with Gasteiger partial charge in [0.05, 0.1) is 5.25 Å². The van der Waals surface area contributed by atoms with Gasteiger partial charge in [-0.2, -0.15) is 12.6 Å². The Kier molecular flexibility index (Phi) is 9.83. The minimum Gasteiger partial charge on any atom is -0.381 e. The van der Waals surface area contributed by atoms with Crippen molar-refractivity contribution in [1.29, 1.82) is 0 Å². The van der Waals surface area contributed by atoms with Crippen molar-refractivity contribution < 1.29 is 9.53 Å². The highest BCUT2D eigenvalue weighted by molar-refractivity contribution is 7.81. The van der Waals surface area contributed by atoms with Gasteiger partial charge < -0.3 is 10.1 Å². The van der Waals surface area contributed by atoms with Crippen LogP contribution in [0.5, 0.6) is 0 Å². The molecule has 16 heavy (non-hydrogen) atoms. The van der Waals surface area contributed by atoms with Gasteiger partial charge >= 0.3 is 0 Å². The van der Waals surface area contributed by atoms with E-state index in [4.69, 9.17) is 4.74 Å². The third kappa shape index (κ3) is 7.99. The van der Waals surface area contributed by atoms with Crippen LogP contribution in [0.3, 0.4) is 0 Å². The summed E-state index contributed by atoms with van der Waals surface area (Å²) in [7, 11) is 0. The predicted molar refractivity (Wildman–Crippen MR) is 71.0 cm³/mol. The van der Waals surface area contributed by atoms with E-state index in [1.54, 1.807) is 0 Å². The first-order chi connectivity index (χ1) is 7.59. The van der Waals surface area contributed by atoms with Crippen molar-refractivity contribution in [2.45, 2.75) is 45.3 Å². The highest BCUT2D eigenvalue weighted by atomic mass is 32.1. The van der Waals surface area contributed by atoms with Crippen LogP contribution >= 0.6 is 12.6 Å². The SMILES string of the molecule is CCCCOCCCNC(=O)C(S)C(C)C. The number of carbonyl (C=O) groups excluding carboxylic acids is 1. The van der Waals surface area contributed by atoms with Crippen molar-refractivity contribution in [3.8, 4) is 0 Å². The number of hydrogen-bond acceptors (Lipinski definition) is 3. The average Bonchev–Trinajstić information content (AvgIpc) is 2.26. The highest BCUT2D eigenvalue weighted by Gasteiger charge is 2.16. The van der Waals surface area contributed by atoms with Crippen LogP contribution in [0.2, 0.25) is 0 Å². The smallest absolute Gasteiger partial charge is 0.233 e. The number of hydrogen-bond donors (Lipinski definition) is 2. The fourth-order valence-electron chi connectivity index (χ4n) is 1.14. The van der Waals surface area contributed by atoms with Crippen LogP contribution in [0.1, 0.15) is 40.0 Å². The summed E-state index contributed by atoms with van der Waals surface area (Å²) in [6.45, 7) is 8.35.